The van der Waals surface area contributed by atoms with Crippen molar-refractivity contribution in [3.05, 3.63) is 28.3 Å². The summed E-state index contributed by atoms with van der Waals surface area (Å²) in [7, 11) is 0. The first-order valence-electron chi connectivity index (χ1n) is 4.76. The molecule has 1 aromatic rings. The van der Waals surface area contributed by atoms with Crippen LogP contribution in [0, 0.1) is 13.8 Å². The molecule has 0 aliphatic carbocycles. The number of aryl methyl sites for hydroxylation is 2. The third kappa shape index (κ3) is 2.89. The van der Waals surface area contributed by atoms with Crippen LogP contribution in [0.4, 0.5) is 5.69 Å². The van der Waals surface area contributed by atoms with Crippen LogP contribution in [-0.4, -0.2) is 18.3 Å². The zero-order chi connectivity index (χ0) is 10.6. The monoisotopic (exact) mass is 213 g/mol. The quantitative estimate of drug-likeness (QED) is 0.754. The van der Waals surface area contributed by atoms with Crippen LogP contribution in [0.3, 0.4) is 0 Å². The van der Waals surface area contributed by atoms with Gasteiger partial charge in [0.1, 0.15) is 0 Å². The molecule has 0 bridgehead atoms. The van der Waals surface area contributed by atoms with Crippen LogP contribution in [0.2, 0.25) is 5.02 Å². The van der Waals surface area contributed by atoms with E-state index in [-0.39, 0.29) is 6.61 Å². The topological polar surface area (TPSA) is 32.3 Å². The van der Waals surface area contributed by atoms with Gasteiger partial charge in [-0.25, -0.2) is 0 Å². The van der Waals surface area contributed by atoms with E-state index < -0.39 is 0 Å². The molecule has 14 heavy (non-hydrogen) atoms. The van der Waals surface area contributed by atoms with E-state index in [4.69, 9.17) is 16.7 Å². The first-order chi connectivity index (χ1) is 6.65. The Morgan fingerprint density at radius 3 is 2.64 bits per heavy atom. The van der Waals surface area contributed by atoms with Crippen molar-refractivity contribution >= 4 is 17.3 Å². The predicted molar refractivity (Wildman–Crippen MR) is 61.1 cm³/mol. The van der Waals surface area contributed by atoms with Gasteiger partial charge in [-0.05, 0) is 37.5 Å². The number of hydrogen-bond acceptors (Lipinski definition) is 2. The van der Waals surface area contributed by atoms with Crippen LogP contribution in [0.15, 0.2) is 12.1 Å². The van der Waals surface area contributed by atoms with Gasteiger partial charge < -0.3 is 10.4 Å². The van der Waals surface area contributed by atoms with Crippen molar-refractivity contribution in [2.45, 2.75) is 20.3 Å². The molecule has 0 amide bonds. The molecule has 0 spiro atoms. The summed E-state index contributed by atoms with van der Waals surface area (Å²) in [5.41, 5.74) is 3.29. The molecular weight excluding hydrogens is 198 g/mol. The smallest absolute Gasteiger partial charge is 0.0642 e. The summed E-state index contributed by atoms with van der Waals surface area (Å²) < 4.78 is 0. The Labute approximate surface area is 89.9 Å². The minimum absolute atomic E-state index is 0.204. The summed E-state index contributed by atoms with van der Waals surface area (Å²) in [5.74, 6) is 0. The van der Waals surface area contributed by atoms with Gasteiger partial charge in [0.05, 0.1) is 10.7 Å². The van der Waals surface area contributed by atoms with Gasteiger partial charge in [-0.15, -0.1) is 0 Å². The van der Waals surface area contributed by atoms with E-state index in [1.165, 1.54) is 5.56 Å². The SMILES string of the molecule is Cc1cc(C)c(NCCCO)c(Cl)c1. The van der Waals surface area contributed by atoms with Gasteiger partial charge in [-0.1, -0.05) is 17.7 Å². The molecule has 0 aliphatic rings. The zero-order valence-electron chi connectivity index (χ0n) is 8.60. The van der Waals surface area contributed by atoms with Crippen LogP contribution < -0.4 is 5.32 Å². The van der Waals surface area contributed by atoms with Crippen LogP contribution in [-0.2, 0) is 0 Å². The Balaban J connectivity index is 2.75. The minimum atomic E-state index is 0.204. The van der Waals surface area contributed by atoms with Crippen molar-refractivity contribution in [3.63, 3.8) is 0 Å². The van der Waals surface area contributed by atoms with Crippen molar-refractivity contribution in [1.82, 2.24) is 0 Å². The minimum Gasteiger partial charge on any atom is -0.396 e. The highest BCUT2D eigenvalue weighted by atomic mass is 35.5. The second-order valence-electron chi connectivity index (χ2n) is 3.44. The van der Waals surface area contributed by atoms with E-state index in [2.05, 4.69) is 11.4 Å². The number of anilines is 1. The maximum atomic E-state index is 8.65. The van der Waals surface area contributed by atoms with Gasteiger partial charge in [0.2, 0.25) is 0 Å². The van der Waals surface area contributed by atoms with Crippen molar-refractivity contribution < 1.29 is 5.11 Å². The average Bonchev–Trinajstić information content (AvgIpc) is 2.09. The Morgan fingerprint density at radius 2 is 2.07 bits per heavy atom. The molecule has 0 unspecified atom stereocenters. The standard InChI is InChI=1S/C11H16ClNO/c1-8-6-9(2)11(10(12)7-8)13-4-3-5-14/h6-7,13-14H,3-5H2,1-2H3. The van der Waals surface area contributed by atoms with Gasteiger partial charge in [-0.2, -0.15) is 0 Å². The molecule has 0 heterocycles. The number of hydrogen-bond donors (Lipinski definition) is 2. The lowest BCUT2D eigenvalue weighted by atomic mass is 10.1. The summed E-state index contributed by atoms with van der Waals surface area (Å²) >= 11 is 6.09. The third-order valence-electron chi connectivity index (χ3n) is 2.07. The first-order valence-corrected chi connectivity index (χ1v) is 5.14. The van der Waals surface area contributed by atoms with Crippen LogP contribution in [0.5, 0.6) is 0 Å². The molecule has 2 N–H and O–H groups in total. The molecular formula is C11H16ClNO. The normalized spacial score (nSPS) is 10.3. The van der Waals surface area contributed by atoms with E-state index in [0.29, 0.717) is 0 Å². The molecule has 0 saturated carbocycles. The highest BCUT2D eigenvalue weighted by molar-refractivity contribution is 6.33. The maximum absolute atomic E-state index is 8.65. The highest BCUT2D eigenvalue weighted by Gasteiger charge is 2.03. The Morgan fingerprint density at radius 1 is 1.36 bits per heavy atom. The maximum Gasteiger partial charge on any atom is 0.0642 e. The second kappa shape index (κ2) is 5.23. The lowest BCUT2D eigenvalue weighted by Crippen LogP contribution is -2.05. The molecule has 2 nitrogen and oxygen atoms in total. The summed E-state index contributed by atoms with van der Waals surface area (Å²) in [6.07, 6.45) is 0.740. The molecule has 0 aliphatic heterocycles. The number of nitrogens with one attached hydrogen (secondary N) is 1. The first kappa shape index (κ1) is 11.3. The van der Waals surface area contributed by atoms with E-state index in [1.54, 1.807) is 0 Å². The molecule has 0 atom stereocenters. The Kier molecular flexibility index (Phi) is 4.23. The van der Waals surface area contributed by atoms with E-state index in [9.17, 15) is 0 Å². The zero-order valence-corrected chi connectivity index (χ0v) is 9.36. The lowest BCUT2D eigenvalue weighted by Gasteiger charge is -2.11. The second-order valence-corrected chi connectivity index (χ2v) is 3.85. The molecule has 0 aromatic heterocycles. The largest absolute Gasteiger partial charge is 0.396 e. The van der Waals surface area contributed by atoms with Crippen molar-refractivity contribution in [2.75, 3.05) is 18.5 Å². The van der Waals surface area contributed by atoms with Crippen LogP contribution in [0.1, 0.15) is 17.5 Å². The van der Waals surface area contributed by atoms with Gasteiger partial charge in [0, 0.05) is 13.2 Å². The van der Waals surface area contributed by atoms with E-state index >= 15 is 0 Å². The summed E-state index contributed by atoms with van der Waals surface area (Å²) in [6, 6.07) is 4.03. The lowest BCUT2D eigenvalue weighted by molar-refractivity contribution is 0.292. The van der Waals surface area contributed by atoms with Crippen LogP contribution >= 0.6 is 11.6 Å². The molecule has 1 aromatic carbocycles. The van der Waals surface area contributed by atoms with Crippen LogP contribution in [0.25, 0.3) is 0 Å². The summed E-state index contributed by atoms with van der Waals surface area (Å²) in [4.78, 5) is 0. The number of aliphatic hydroxyl groups excluding tert-OH is 1. The molecule has 3 heteroatoms. The van der Waals surface area contributed by atoms with Crippen molar-refractivity contribution in [2.24, 2.45) is 0 Å². The van der Waals surface area contributed by atoms with Crippen molar-refractivity contribution in [1.29, 1.82) is 0 Å². The molecule has 0 fully saturated rings. The van der Waals surface area contributed by atoms with Gasteiger partial charge >= 0.3 is 0 Å². The summed E-state index contributed by atoms with van der Waals surface area (Å²) in [6.45, 7) is 5.01. The molecule has 0 radical (unpaired) electrons. The van der Waals surface area contributed by atoms with Gasteiger partial charge in [0.25, 0.3) is 0 Å². The molecule has 0 saturated heterocycles. The van der Waals surface area contributed by atoms with E-state index in [0.717, 1.165) is 29.2 Å². The fourth-order valence-electron chi connectivity index (χ4n) is 1.43. The average molecular weight is 214 g/mol. The summed E-state index contributed by atoms with van der Waals surface area (Å²) in [5, 5.41) is 12.6. The fraction of sp³-hybridized carbons (Fsp3) is 0.455. The number of benzene rings is 1. The number of rotatable bonds is 4. The van der Waals surface area contributed by atoms with E-state index in [1.807, 2.05) is 19.9 Å². The molecule has 1 rings (SSSR count). The van der Waals surface area contributed by atoms with Crippen molar-refractivity contribution in [3.8, 4) is 0 Å². The highest BCUT2D eigenvalue weighted by Crippen LogP contribution is 2.26. The Hall–Kier alpha value is -0.730. The van der Waals surface area contributed by atoms with Gasteiger partial charge in [-0.3, -0.25) is 0 Å². The predicted octanol–water partition coefficient (Wildman–Crippen LogP) is 2.75. The number of aliphatic hydroxyl groups is 1. The fourth-order valence-corrected chi connectivity index (χ4v) is 1.82. The Bertz CT molecular complexity index is 289. The molecule has 78 valence electrons. The number of halogens is 1. The third-order valence-corrected chi connectivity index (χ3v) is 2.37. The van der Waals surface area contributed by atoms with Gasteiger partial charge in [0.15, 0.2) is 0 Å².